The van der Waals surface area contributed by atoms with Crippen molar-refractivity contribution in [3.63, 3.8) is 0 Å². The quantitative estimate of drug-likeness (QED) is 0.779. The van der Waals surface area contributed by atoms with Crippen molar-refractivity contribution in [2.75, 3.05) is 0 Å². The molecule has 0 atom stereocenters. The van der Waals surface area contributed by atoms with Gasteiger partial charge in [-0.3, -0.25) is 0 Å². The van der Waals surface area contributed by atoms with Gasteiger partial charge >= 0.3 is 0 Å². The van der Waals surface area contributed by atoms with Crippen LogP contribution >= 0.6 is 0 Å². The fraction of sp³-hybridized carbons (Fsp3) is 0.417. The van der Waals surface area contributed by atoms with Crippen molar-refractivity contribution in [1.82, 2.24) is 0 Å². The predicted octanol–water partition coefficient (Wildman–Crippen LogP) is 2.82. The van der Waals surface area contributed by atoms with Gasteiger partial charge in [-0.25, -0.2) is 0 Å². The van der Waals surface area contributed by atoms with Crippen LogP contribution < -0.4 is 5.73 Å². The van der Waals surface area contributed by atoms with E-state index in [1.165, 1.54) is 12.8 Å². The maximum Gasteiger partial charge on any atom is 0.0991 e. The Balaban J connectivity index is 0.000000364. The smallest absolute Gasteiger partial charge is 0.0991 e. The van der Waals surface area contributed by atoms with Gasteiger partial charge in [0.25, 0.3) is 0 Å². The lowest BCUT2D eigenvalue weighted by atomic mass is 10.1. The van der Waals surface area contributed by atoms with E-state index in [1.807, 2.05) is 18.2 Å². The highest BCUT2D eigenvalue weighted by molar-refractivity contribution is 5.31. The molecular formula is C12H18N2. The molecule has 0 fully saturated rings. The normalized spacial score (nSPS) is 8.43. The molecule has 1 aromatic rings. The third-order valence-electron chi connectivity index (χ3n) is 1.82. The third kappa shape index (κ3) is 5.34. The number of unbranched alkanes of at least 4 members (excludes halogenated alkanes) is 1. The van der Waals surface area contributed by atoms with Gasteiger partial charge < -0.3 is 5.73 Å². The number of nitrogens with two attached hydrogens (primary N) is 1. The minimum atomic E-state index is 0.533. The molecule has 0 aromatic heterocycles. The Labute approximate surface area is 86.4 Å². The van der Waals surface area contributed by atoms with Gasteiger partial charge in [0.05, 0.1) is 11.6 Å². The standard InChI is InChI=1S/C8H8N2.C4H10/c9-5-7-1-2-8(6-10)4-3-7;1-3-4-2/h1-4H,5,9H2;3-4H2,1-2H3. The second-order valence-corrected chi connectivity index (χ2v) is 3.01. The van der Waals surface area contributed by atoms with Gasteiger partial charge in [-0.15, -0.1) is 0 Å². The molecule has 14 heavy (non-hydrogen) atoms. The number of nitriles is 1. The van der Waals surface area contributed by atoms with E-state index in [4.69, 9.17) is 11.0 Å². The second kappa shape index (κ2) is 8.28. The van der Waals surface area contributed by atoms with Gasteiger partial charge in [0, 0.05) is 6.54 Å². The van der Waals surface area contributed by atoms with Crippen molar-refractivity contribution in [3.8, 4) is 6.07 Å². The fourth-order valence-electron chi connectivity index (χ4n) is 0.715. The summed E-state index contributed by atoms with van der Waals surface area (Å²) in [6.45, 7) is 4.89. The molecule has 2 N–H and O–H groups in total. The van der Waals surface area contributed by atoms with Crippen LogP contribution in [0, 0.1) is 11.3 Å². The van der Waals surface area contributed by atoms with Gasteiger partial charge in [0.1, 0.15) is 0 Å². The first-order valence-corrected chi connectivity index (χ1v) is 4.97. The van der Waals surface area contributed by atoms with E-state index in [1.54, 1.807) is 12.1 Å². The van der Waals surface area contributed by atoms with E-state index >= 15 is 0 Å². The molecule has 1 rings (SSSR count). The van der Waals surface area contributed by atoms with Gasteiger partial charge in [-0.2, -0.15) is 5.26 Å². The molecule has 0 radical (unpaired) electrons. The lowest BCUT2D eigenvalue weighted by molar-refractivity contribution is 0.886. The average molecular weight is 190 g/mol. The monoisotopic (exact) mass is 190 g/mol. The van der Waals surface area contributed by atoms with Crippen LogP contribution in [0.4, 0.5) is 0 Å². The zero-order valence-corrected chi connectivity index (χ0v) is 8.96. The Bertz CT molecular complexity index is 267. The number of hydrogen-bond acceptors (Lipinski definition) is 2. The summed E-state index contributed by atoms with van der Waals surface area (Å²) in [5.74, 6) is 0. The molecule has 0 saturated heterocycles. The molecule has 76 valence electrons. The van der Waals surface area contributed by atoms with Crippen LogP contribution in [-0.2, 0) is 6.54 Å². The minimum absolute atomic E-state index is 0.533. The minimum Gasteiger partial charge on any atom is -0.326 e. The van der Waals surface area contributed by atoms with Crippen LogP contribution in [0.25, 0.3) is 0 Å². The summed E-state index contributed by atoms with van der Waals surface area (Å²) in [5, 5.41) is 8.42. The van der Waals surface area contributed by atoms with Crippen LogP contribution in [0.3, 0.4) is 0 Å². The summed E-state index contributed by atoms with van der Waals surface area (Å²) in [6, 6.07) is 9.29. The molecule has 0 aliphatic heterocycles. The van der Waals surface area contributed by atoms with E-state index in [0.29, 0.717) is 12.1 Å². The third-order valence-corrected chi connectivity index (χ3v) is 1.82. The highest BCUT2D eigenvalue weighted by atomic mass is 14.5. The van der Waals surface area contributed by atoms with Crippen molar-refractivity contribution in [1.29, 1.82) is 5.26 Å². The lowest BCUT2D eigenvalue weighted by Crippen LogP contribution is -1.94. The molecule has 0 aliphatic rings. The van der Waals surface area contributed by atoms with Crippen LogP contribution in [-0.4, -0.2) is 0 Å². The Hall–Kier alpha value is -1.33. The number of benzene rings is 1. The molecule has 0 amide bonds. The van der Waals surface area contributed by atoms with Crippen molar-refractivity contribution < 1.29 is 0 Å². The van der Waals surface area contributed by atoms with Gasteiger partial charge in [-0.1, -0.05) is 38.8 Å². The van der Waals surface area contributed by atoms with Crippen LogP contribution in [0.1, 0.15) is 37.8 Å². The lowest BCUT2D eigenvalue weighted by Gasteiger charge is -1.93. The van der Waals surface area contributed by atoms with Crippen LogP contribution in [0.15, 0.2) is 24.3 Å². The Morgan fingerprint density at radius 3 is 1.93 bits per heavy atom. The summed E-state index contributed by atoms with van der Waals surface area (Å²) in [7, 11) is 0. The Morgan fingerprint density at radius 2 is 1.64 bits per heavy atom. The maximum atomic E-state index is 8.42. The second-order valence-electron chi connectivity index (χ2n) is 3.01. The van der Waals surface area contributed by atoms with E-state index in [-0.39, 0.29) is 0 Å². The van der Waals surface area contributed by atoms with Crippen molar-refractivity contribution in [2.45, 2.75) is 33.2 Å². The summed E-state index contributed by atoms with van der Waals surface area (Å²) in [4.78, 5) is 0. The highest BCUT2D eigenvalue weighted by Crippen LogP contribution is 2.01. The van der Waals surface area contributed by atoms with Gasteiger partial charge in [-0.05, 0) is 17.7 Å². The first-order valence-electron chi connectivity index (χ1n) is 4.97. The van der Waals surface area contributed by atoms with Crippen molar-refractivity contribution in [2.24, 2.45) is 5.73 Å². The zero-order chi connectivity index (χ0) is 10.8. The number of hydrogen-bond donors (Lipinski definition) is 1. The highest BCUT2D eigenvalue weighted by Gasteiger charge is 1.88. The van der Waals surface area contributed by atoms with Crippen molar-refractivity contribution >= 4 is 0 Å². The molecule has 1 aromatic carbocycles. The Morgan fingerprint density at radius 1 is 1.14 bits per heavy atom. The van der Waals surface area contributed by atoms with Gasteiger partial charge in [0.15, 0.2) is 0 Å². The summed E-state index contributed by atoms with van der Waals surface area (Å²) >= 11 is 0. The van der Waals surface area contributed by atoms with Crippen LogP contribution in [0.5, 0.6) is 0 Å². The first-order chi connectivity index (χ1) is 6.78. The Kier molecular flexibility index (Phi) is 7.49. The van der Waals surface area contributed by atoms with E-state index in [0.717, 1.165) is 5.56 Å². The van der Waals surface area contributed by atoms with Crippen LogP contribution in [0.2, 0.25) is 0 Å². The molecule has 0 unspecified atom stereocenters. The number of rotatable bonds is 2. The van der Waals surface area contributed by atoms with Gasteiger partial charge in [0.2, 0.25) is 0 Å². The van der Waals surface area contributed by atoms with E-state index in [2.05, 4.69) is 13.8 Å². The summed E-state index contributed by atoms with van der Waals surface area (Å²) < 4.78 is 0. The maximum absolute atomic E-state index is 8.42. The number of nitrogens with zero attached hydrogens (tertiary/aromatic N) is 1. The molecule has 0 bridgehead atoms. The van der Waals surface area contributed by atoms with E-state index in [9.17, 15) is 0 Å². The molecular weight excluding hydrogens is 172 g/mol. The molecule has 2 nitrogen and oxygen atoms in total. The largest absolute Gasteiger partial charge is 0.326 e. The molecule has 0 saturated carbocycles. The molecule has 2 heteroatoms. The molecule has 0 aliphatic carbocycles. The molecule has 0 spiro atoms. The molecule has 0 heterocycles. The average Bonchev–Trinajstić information content (AvgIpc) is 2.29. The fourth-order valence-corrected chi connectivity index (χ4v) is 0.715. The van der Waals surface area contributed by atoms with Crippen molar-refractivity contribution in [3.05, 3.63) is 35.4 Å². The topological polar surface area (TPSA) is 49.8 Å². The summed E-state index contributed by atoms with van der Waals surface area (Å²) in [6.07, 6.45) is 2.64. The SMILES string of the molecule is CCCC.N#Cc1ccc(CN)cc1. The summed E-state index contributed by atoms with van der Waals surface area (Å²) in [5.41, 5.74) is 7.09. The van der Waals surface area contributed by atoms with E-state index < -0.39 is 0 Å². The first kappa shape index (κ1) is 12.7. The predicted molar refractivity (Wildman–Crippen MR) is 59.6 cm³/mol. The zero-order valence-electron chi connectivity index (χ0n) is 8.96.